The maximum atomic E-state index is 12.7. The number of carbonyl (C=O) groups excluding carboxylic acids is 1. The lowest BCUT2D eigenvalue weighted by Crippen LogP contribution is -2.50. The molecule has 0 N–H and O–H groups in total. The molecule has 0 aliphatic carbocycles. The highest BCUT2D eigenvalue weighted by atomic mass is 16.5. The number of hydrogen-bond acceptors (Lipinski definition) is 3. The molecule has 1 aromatic carbocycles. The Morgan fingerprint density at radius 3 is 2.65 bits per heavy atom. The lowest BCUT2D eigenvalue weighted by Gasteiger charge is -2.37. The van der Waals surface area contributed by atoms with Crippen LogP contribution in [0.2, 0.25) is 0 Å². The van der Waals surface area contributed by atoms with E-state index in [0.29, 0.717) is 18.5 Å². The summed E-state index contributed by atoms with van der Waals surface area (Å²) in [5.74, 6) is 0.310. The van der Waals surface area contributed by atoms with Crippen LogP contribution in [0.25, 0.3) is 0 Å². The third kappa shape index (κ3) is 4.79. The molecule has 0 saturated carbocycles. The molecule has 126 valence electrons. The van der Waals surface area contributed by atoms with E-state index in [0.717, 1.165) is 58.5 Å². The fourth-order valence-corrected chi connectivity index (χ4v) is 3.65. The van der Waals surface area contributed by atoms with Gasteiger partial charge in [-0.05, 0) is 37.7 Å². The van der Waals surface area contributed by atoms with E-state index in [-0.39, 0.29) is 0 Å². The quantitative estimate of drug-likeness (QED) is 0.836. The van der Waals surface area contributed by atoms with Crippen LogP contribution in [0.3, 0.4) is 0 Å². The van der Waals surface area contributed by atoms with Gasteiger partial charge in [-0.1, -0.05) is 30.3 Å². The van der Waals surface area contributed by atoms with Gasteiger partial charge in [-0.15, -0.1) is 0 Å². The van der Waals surface area contributed by atoms with E-state index in [1.807, 2.05) is 0 Å². The molecule has 3 rings (SSSR count). The number of rotatable bonds is 5. The van der Waals surface area contributed by atoms with Crippen LogP contribution in [0.5, 0.6) is 0 Å². The Kier molecular flexibility index (Phi) is 6.06. The third-order valence-corrected chi connectivity index (χ3v) is 5.02. The second-order valence-corrected chi connectivity index (χ2v) is 6.65. The highest BCUT2D eigenvalue weighted by Crippen LogP contribution is 2.22. The molecule has 0 unspecified atom stereocenters. The van der Waals surface area contributed by atoms with Crippen molar-refractivity contribution in [3.8, 4) is 0 Å². The molecule has 23 heavy (non-hydrogen) atoms. The number of likely N-dealkylation sites (tertiary alicyclic amines) is 1. The Hall–Kier alpha value is -1.39. The van der Waals surface area contributed by atoms with Gasteiger partial charge in [0.05, 0.1) is 19.8 Å². The minimum atomic E-state index is 0.310. The van der Waals surface area contributed by atoms with Crippen LogP contribution in [0.15, 0.2) is 30.3 Å². The molecular formula is C19H28N2O2. The number of carbonyl (C=O) groups is 1. The van der Waals surface area contributed by atoms with Gasteiger partial charge in [-0.2, -0.15) is 0 Å². The second-order valence-electron chi connectivity index (χ2n) is 6.65. The summed E-state index contributed by atoms with van der Waals surface area (Å²) in [6.07, 6.45) is 5.70. The summed E-state index contributed by atoms with van der Waals surface area (Å²) in [6.45, 7) is 4.77. The molecule has 2 aliphatic heterocycles. The standard InChI is InChI=1S/C19H28N2O2/c22-19(16-20-12-14-23-15-13-20)21-11-5-4-8-18(21)10-9-17-6-2-1-3-7-17/h1-3,6-7,18H,4-5,8-16H2/t18-/m1/s1. The summed E-state index contributed by atoms with van der Waals surface area (Å²) in [6, 6.07) is 11.0. The van der Waals surface area contributed by atoms with Crippen molar-refractivity contribution in [3.63, 3.8) is 0 Å². The zero-order chi connectivity index (χ0) is 15.9. The Bertz CT molecular complexity index is 485. The third-order valence-electron chi connectivity index (χ3n) is 5.02. The molecule has 4 nitrogen and oxygen atoms in total. The average Bonchev–Trinajstić information content (AvgIpc) is 2.62. The molecule has 2 aliphatic rings. The SMILES string of the molecule is O=C(CN1CCOCC1)N1CCCC[C@@H]1CCc1ccccc1. The van der Waals surface area contributed by atoms with Crippen LogP contribution in [-0.2, 0) is 16.0 Å². The van der Waals surface area contributed by atoms with Crippen molar-refractivity contribution in [1.82, 2.24) is 9.80 Å². The first-order valence-electron chi connectivity index (χ1n) is 8.96. The van der Waals surface area contributed by atoms with Gasteiger partial charge in [0.15, 0.2) is 0 Å². The molecule has 1 aromatic rings. The van der Waals surface area contributed by atoms with E-state index < -0.39 is 0 Å². The van der Waals surface area contributed by atoms with Gasteiger partial charge in [0.1, 0.15) is 0 Å². The van der Waals surface area contributed by atoms with Crippen LogP contribution in [0.1, 0.15) is 31.2 Å². The van der Waals surface area contributed by atoms with E-state index in [9.17, 15) is 4.79 Å². The summed E-state index contributed by atoms with van der Waals surface area (Å²) < 4.78 is 5.37. The highest BCUT2D eigenvalue weighted by Gasteiger charge is 2.27. The van der Waals surface area contributed by atoms with E-state index in [1.165, 1.54) is 12.0 Å². The minimum Gasteiger partial charge on any atom is -0.379 e. The van der Waals surface area contributed by atoms with Crippen LogP contribution >= 0.6 is 0 Å². The van der Waals surface area contributed by atoms with Crippen molar-refractivity contribution in [3.05, 3.63) is 35.9 Å². The van der Waals surface area contributed by atoms with E-state index in [4.69, 9.17) is 4.74 Å². The summed E-state index contributed by atoms with van der Waals surface area (Å²) >= 11 is 0. The number of piperidine rings is 1. The number of amides is 1. The van der Waals surface area contributed by atoms with Gasteiger partial charge in [0.25, 0.3) is 0 Å². The molecule has 1 amide bonds. The molecule has 1 atom stereocenters. The van der Waals surface area contributed by atoms with Crippen molar-refractivity contribution in [2.24, 2.45) is 0 Å². The van der Waals surface area contributed by atoms with Crippen LogP contribution in [0, 0.1) is 0 Å². The zero-order valence-corrected chi connectivity index (χ0v) is 14.0. The number of benzene rings is 1. The van der Waals surface area contributed by atoms with Gasteiger partial charge in [0, 0.05) is 25.7 Å². The smallest absolute Gasteiger partial charge is 0.236 e. The van der Waals surface area contributed by atoms with Gasteiger partial charge in [-0.3, -0.25) is 9.69 Å². The van der Waals surface area contributed by atoms with Crippen LogP contribution in [-0.4, -0.2) is 61.1 Å². The minimum absolute atomic E-state index is 0.310. The fourth-order valence-electron chi connectivity index (χ4n) is 3.65. The Labute approximate surface area is 139 Å². The number of ether oxygens (including phenoxy) is 1. The monoisotopic (exact) mass is 316 g/mol. The first kappa shape index (κ1) is 16.5. The van der Waals surface area contributed by atoms with E-state index in [1.54, 1.807) is 0 Å². The van der Waals surface area contributed by atoms with Crippen molar-refractivity contribution < 1.29 is 9.53 Å². The molecule has 0 bridgehead atoms. The van der Waals surface area contributed by atoms with Crippen molar-refractivity contribution >= 4 is 5.91 Å². The van der Waals surface area contributed by atoms with Gasteiger partial charge in [-0.25, -0.2) is 0 Å². The van der Waals surface area contributed by atoms with Crippen LogP contribution < -0.4 is 0 Å². The van der Waals surface area contributed by atoms with Crippen LogP contribution in [0.4, 0.5) is 0 Å². The molecule has 0 aromatic heterocycles. The molecule has 4 heteroatoms. The highest BCUT2D eigenvalue weighted by molar-refractivity contribution is 5.78. The molecule has 2 fully saturated rings. The average molecular weight is 316 g/mol. The number of nitrogens with zero attached hydrogens (tertiary/aromatic N) is 2. The van der Waals surface area contributed by atoms with E-state index in [2.05, 4.69) is 40.1 Å². The number of aryl methyl sites for hydroxylation is 1. The fraction of sp³-hybridized carbons (Fsp3) is 0.632. The summed E-state index contributed by atoms with van der Waals surface area (Å²) in [5, 5.41) is 0. The molecule has 0 radical (unpaired) electrons. The van der Waals surface area contributed by atoms with Crippen molar-refractivity contribution in [1.29, 1.82) is 0 Å². The lowest BCUT2D eigenvalue weighted by molar-refractivity contribution is -0.137. The zero-order valence-electron chi connectivity index (χ0n) is 14.0. The molecule has 0 spiro atoms. The van der Waals surface area contributed by atoms with Gasteiger partial charge >= 0.3 is 0 Å². The summed E-state index contributed by atoms with van der Waals surface area (Å²) in [4.78, 5) is 17.1. The predicted octanol–water partition coefficient (Wildman–Crippen LogP) is 2.33. The summed E-state index contributed by atoms with van der Waals surface area (Å²) in [5.41, 5.74) is 1.37. The molecular weight excluding hydrogens is 288 g/mol. The maximum absolute atomic E-state index is 12.7. The number of morpholine rings is 1. The Balaban J connectivity index is 1.53. The Morgan fingerprint density at radius 2 is 1.87 bits per heavy atom. The first-order valence-corrected chi connectivity index (χ1v) is 8.96. The predicted molar refractivity (Wildman–Crippen MR) is 91.4 cm³/mol. The van der Waals surface area contributed by atoms with Gasteiger partial charge < -0.3 is 9.64 Å². The topological polar surface area (TPSA) is 32.8 Å². The number of hydrogen-bond donors (Lipinski definition) is 0. The van der Waals surface area contributed by atoms with E-state index >= 15 is 0 Å². The van der Waals surface area contributed by atoms with Crippen molar-refractivity contribution in [2.75, 3.05) is 39.4 Å². The lowest BCUT2D eigenvalue weighted by atomic mass is 9.95. The Morgan fingerprint density at radius 1 is 1.09 bits per heavy atom. The summed E-state index contributed by atoms with van der Waals surface area (Å²) in [7, 11) is 0. The maximum Gasteiger partial charge on any atom is 0.236 e. The normalized spacial score (nSPS) is 23.0. The molecule has 2 saturated heterocycles. The molecule has 2 heterocycles. The first-order chi connectivity index (χ1) is 11.3. The largest absolute Gasteiger partial charge is 0.379 e. The second kappa shape index (κ2) is 8.46. The van der Waals surface area contributed by atoms with Crippen molar-refractivity contribution in [2.45, 2.75) is 38.1 Å². The van der Waals surface area contributed by atoms with Gasteiger partial charge in [0.2, 0.25) is 5.91 Å².